The Morgan fingerprint density at radius 2 is 2.30 bits per heavy atom. The van der Waals surface area contributed by atoms with Gasteiger partial charge in [0.15, 0.2) is 5.96 Å². The van der Waals surface area contributed by atoms with Crippen molar-refractivity contribution in [3.8, 4) is 0 Å². The van der Waals surface area contributed by atoms with E-state index < -0.39 is 0 Å². The van der Waals surface area contributed by atoms with E-state index in [0.717, 1.165) is 31.2 Å². The molecule has 0 bridgehead atoms. The summed E-state index contributed by atoms with van der Waals surface area (Å²) in [6.07, 6.45) is 2.83. The molecule has 0 amide bonds. The standard InChI is InChI=1S/C15H19N5/c1-2-16-15(17-11-13-7-9-18-19-13)20-10-8-12-5-3-4-6-14(12)20/h3-7,9H,2,8,10-11H2,1H3,(H,16,17)(H,18,19). The van der Waals surface area contributed by atoms with E-state index in [4.69, 9.17) is 4.99 Å². The van der Waals surface area contributed by atoms with Crippen molar-refractivity contribution in [2.45, 2.75) is 19.9 Å². The van der Waals surface area contributed by atoms with Crippen molar-refractivity contribution in [3.63, 3.8) is 0 Å². The number of guanidine groups is 1. The first-order valence-electron chi connectivity index (χ1n) is 7.00. The fraction of sp³-hybridized carbons (Fsp3) is 0.333. The van der Waals surface area contributed by atoms with Crippen LogP contribution in [0.15, 0.2) is 41.5 Å². The fourth-order valence-electron chi connectivity index (χ4n) is 2.49. The van der Waals surface area contributed by atoms with Crippen molar-refractivity contribution in [3.05, 3.63) is 47.8 Å². The van der Waals surface area contributed by atoms with Gasteiger partial charge in [0.1, 0.15) is 0 Å². The van der Waals surface area contributed by atoms with Gasteiger partial charge in [0.05, 0.1) is 12.2 Å². The summed E-state index contributed by atoms with van der Waals surface area (Å²) >= 11 is 0. The fourth-order valence-corrected chi connectivity index (χ4v) is 2.49. The van der Waals surface area contributed by atoms with Gasteiger partial charge in [0.2, 0.25) is 0 Å². The third kappa shape index (κ3) is 2.52. The number of aromatic nitrogens is 2. The van der Waals surface area contributed by atoms with Crippen LogP contribution in [0.5, 0.6) is 0 Å². The highest BCUT2D eigenvalue weighted by atomic mass is 15.3. The zero-order valence-corrected chi connectivity index (χ0v) is 11.6. The summed E-state index contributed by atoms with van der Waals surface area (Å²) in [4.78, 5) is 6.96. The van der Waals surface area contributed by atoms with E-state index >= 15 is 0 Å². The summed E-state index contributed by atoms with van der Waals surface area (Å²) in [7, 11) is 0. The molecule has 0 saturated carbocycles. The van der Waals surface area contributed by atoms with E-state index in [1.807, 2.05) is 6.07 Å². The van der Waals surface area contributed by atoms with Gasteiger partial charge in [0.25, 0.3) is 0 Å². The van der Waals surface area contributed by atoms with Crippen LogP contribution in [0.2, 0.25) is 0 Å². The van der Waals surface area contributed by atoms with E-state index in [0.29, 0.717) is 6.54 Å². The number of nitrogens with zero attached hydrogens (tertiary/aromatic N) is 3. The maximum Gasteiger partial charge on any atom is 0.198 e. The van der Waals surface area contributed by atoms with E-state index in [1.54, 1.807) is 6.20 Å². The minimum Gasteiger partial charge on any atom is -0.356 e. The first-order chi connectivity index (χ1) is 9.88. The van der Waals surface area contributed by atoms with Crippen LogP contribution >= 0.6 is 0 Å². The SMILES string of the molecule is CCNC(=NCc1ccn[nH]1)N1CCc2ccccc21. The maximum atomic E-state index is 4.70. The van der Waals surface area contributed by atoms with Gasteiger partial charge < -0.3 is 10.2 Å². The minimum absolute atomic E-state index is 0.612. The molecule has 5 heteroatoms. The molecule has 0 radical (unpaired) electrons. The predicted molar refractivity (Wildman–Crippen MR) is 80.9 cm³/mol. The van der Waals surface area contributed by atoms with Gasteiger partial charge >= 0.3 is 0 Å². The second kappa shape index (κ2) is 5.77. The Morgan fingerprint density at radius 3 is 3.10 bits per heavy atom. The Bertz CT molecular complexity index is 588. The molecular weight excluding hydrogens is 250 g/mol. The summed E-state index contributed by atoms with van der Waals surface area (Å²) in [5, 5.41) is 10.3. The number of H-pyrrole nitrogens is 1. The topological polar surface area (TPSA) is 56.3 Å². The number of benzene rings is 1. The number of nitrogens with one attached hydrogen (secondary N) is 2. The van der Waals surface area contributed by atoms with E-state index in [-0.39, 0.29) is 0 Å². The van der Waals surface area contributed by atoms with Crippen molar-refractivity contribution < 1.29 is 0 Å². The molecule has 1 aliphatic heterocycles. The van der Waals surface area contributed by atoms with Gasteiger partial charge in [-0.2, -0.15) is 5.10 Å². The van der Waals surface area contributed by atoms with E-state index in [1.165, 1.54) is 11.3 Å². The largest absolute Gasteiger partial charge is 0.356 e. The Balaban J connectivity index is 1.82. The Labute approximate surface area is 118 Å². The highest BCUT2D eigenvalue weighted by Gasteiger charge is 2.22. The molecule has 0 saturated heterocycles. The third-order valence-electron chi connectivity index (χ3n) is 3.44. The van der Waals surface area contributed by atoms with Gasteiger partial charge in [-0.25, -0.2) is 4.99 Å². The van der Waals surface area contributed by atoms with Crippen molar-refractivity contribution in [2.75, 3.05) is 18.0 Å². The van der Waals surface area contributed by atoms with Crippen LogP contribution in [0.4, 0.5) is 5.69 Å². The number of hydrogen-bond acceptors (Lipinski definition) is 2. The van der Waals surface area contributed by atoms with E-state index in [2.05, 4.69) is 51.6 Å². The summed E-state index contributed by atoms with van der Waals surface area (Å²) in [6.45, 7) is 4.54. The summed E-state index contributed by atoms with van der Waals surface area (Å²) in [6, 6.07) is 10.5. The molecule has 1 aromatic heterocycles. The lowest BCUT2D eigenvalue weighted by Gasteiger charge is -2.22. The average molecular weight is 269 g/mol. The van der Waals surface area contributed by atoms with Crippen molar-refractivity contribution in [1.82, 2.24) is 15.5 Å². The highest BCUT2D eigenvalue weighted by molar-refractivity contribution is 5.97. The second-order valence-electron chi connectivity index (χ2n) is 4.78. The highest BCUT2D eigenvalue weighted by Crippen LogP contribution is 2.27. The normalized spacial score (nSPS) is 14.4. The van der Waals surface area contributed by atoms with Crippen LogP contribution in [-0.4, -0.2) is 29.2 Å². The van der Waals surface area contributed by atoms with Gasteiger partial charge in [-0.3, -0.25) is 5.10 Å². The summed E-state index contributed by atoms with van der Waals surface area (Å²) in [5.41, 5.74) is 3.67. The zero-order chi connectivity index (χ0) is 13.8. The number of anilines is 1. The van der Waals surface area contributed by atoms with Crippen molar-refractivity contribution in [1.29, 1.82) is 0 Å². The lowest BCUT2D eigenvalue weighted by Crippen LogP contribution is -2.40. The first kappa shape index (κ1) is 12.7. The number of rotatable bonds is 3. The van der Waals surface area contributed by atoms with E-state index in [9.17, 15) is 0 Å². The predicted octanol–water partition coefficient (Wildman–Crippen LogP) is 1.94. The molecular formula is C15H19N5. The lowest BCUT2D eigenvalue weighted by molar-refractivity contribution is 0.869. The van der Waals surface area contributed by atoms with Crippen molar-refractivity contribution in [2.24, 2.45) is 4.99 Å². The molecule has 20 heavy (non-hydrogen) atoms. The smallest absolute Gasteiger partial charge is 0.198 e. The number of hydrogen-bond donors (Lipinski definition) is 2. The average Bonchev–Trinajstić information content (AvgIpc) is 3.13. The lowest BCUT2D eigenvalue weighted by atomic mass is 10.2. The number of para-hydroxylation sites is 1. The van der Waals surface area contributed by atoms with Gasteiger partial charge in [-0.1, -0.05) is 18.2 Å². The van der Waals surface area contributed by atoms with Crippen LogP contribution in [0, 0.1) is 0 Å². The van der Waals surface area contributed by atoms with Gasteiger partial charge in [-0.15, -0.1) is 0 Å². The Kier molecular flexibility index (Phi) is 3.67. The Hall–Kier alpha value is -2.30. The molecule has 2 aromatic rings. The molecule has 5 nitrogen and oxygen atoms in total. The van der Waals surface area contributed by atoms with Crippen LogP contribution < -0.4 is 10.2 Å². The molecule has 0 spiro atoms. The zero-order valence-electron chi connectivity index (χ0n) is 11.6. The molecule has 2 N–H and O–H groups in total. The van der Waals surface area contributed by atoms with Gasteiger partial charge in [-0.05, 0) is 31.0 Å². The van der Waals surface area contributed by atoms with Gasteiger partial charge in [0, 0.05) is 25.0 Å². The maximum absolute atomic E-state index is 4.70. The number of aromatic amines is 1. The first-order valence-corrected chi connectivity index (χ1v) is 7.00. The van der Waals surface area contributed by atoms with Crippen molar-refractivity contribution >= 4 is 11.6 Å². The second-order valence-corrected chi connectivity index (χ2v) is 4.78. The molecule has 0 aliphatic carbocycles. The minimum atomic E-state index is 0.612. The molecule has 0 unspecified atom stereocenters. The molecule has 0 fully saturated rings. The molecule has 1 aromatic carbocycles. The van der Waals surface area contributed by atoms with Crippen LogP contribution in [0.3, 0.4) is 0 Å². The number of aliphatic imine (C=N–C) groups is 1. The van der Waals surface area contributed by atoms with Crippen LogP contribution in [0.25, 0.3) is 0 Å². The van der Waals surface area contributed by atoms with Crippen LogP contribution in [0.1, 0.15) is 18.2 Å². The number of fused-ring (bicyclic) bond motifs is 1. The molecule has 0 atom stereocenters. The molecule has 2 heterocycles. The molecule has 3 rings (SSSR count). The summed E-state index contributed by atoms with van der Waals surface area (Å²) in [5.74, 6) is 0.937. The monoisotopic (exact) mass is 269 g/mol. The van der Waals surface area contributed by atoms with Crippen LogP contribution in [-0.2, 0) is 13.0 Å². The third-order valence-corrected chi connectivity index (χ3v) is 3.44. The summed E-state index contributed by atoms with van der Waals surface area (Å²) < 4.78 is 0. The molecule has 1 aliphatic rings. The molecule has 104 valence electrons. The quantitative estimate of drug-likeness (QED) is 0.661. The Morgan fingerprint density at radius 1 is 1.40 bits per heavy atom.